The van der Waals surface area contributed by atoms with E-state index in [1.165, 1.54) is 18.3 Å². The van der Waals surface area contributed by atoms with E-state index >= 15 is 0 Å². The van der Waals surface area contributed by atoms with Crippen LogP contribution in [0.1, 0.15) is 11.3 Å². The number of rotatable bonds is 7. The van der Waals surface area contributed by atoms with Crippen LogP contribution in [-0.4, -0.2) is 28.2 Å². The first-order chi connectivity index (χ1) is 17.2. The Hall–Kier alpha value is -4.25. The minimum absolute atomic E-state index is 0.0614. The second-order valence-corrected chi connectivity index (χ2v) is 8.34. The fourth-order valence-corrected chi connectivity index (χ4v) is 3.99. The molecule has 0 bridgehead atoms. The number of ether oxygens (including phenoxy) is 1. The van der Waals surface area contributed by atoms with Gasteiger partial charge in [-0.05, 0) is 53.7 Å². The van der Waals surface area contributed by atoms with Gasteiger partial charge in [0.05, 0.1) is 28.3 Å². The highest BCUT2D eigenvalue weighted by Gasteiger charge is 2.34. The zero-order valence-electron chi connectivity index (χ0n) is 18.6. The molecule has 1 heterocycles. The number of hydrogen-bond acceptors (Lipinski definition) is 7. The molecule has 4 rings (SSSR count). The highest BCUT2D eigenvalue weighted by atomic mass is 32.2. The van der Waals surface area contributed by atoms with E-state index in [2.05, 4.69) is 15.0 Å². The third kappa shape index (κ3) is 6.05. The molecule has 0 unspecified atom stereocenters. The SMILES string of the molecule is COc1ccc(N=Cc2ccc(Sc3nc(-c4ccccc4)cc(C(F)(F)F)n3)c([N+](=O)[O-])c2)cc1. The molecule has 4 aromatic rings. The number of aliphatic imine (C=N–C) groups is 1. The Labute approximate surface area is 207 Å². The molecule has 0 aliphatic rings. The molecular weight excluding hydrogens is 493 g/mol. The first-order valence-corrected chi connectivity index (χ1v) is 11.2. The number of alkyl halides is 3. The summed E-state index contributed by atoms with van der Waals surface area (Å²) in [5.74, 6) is 0.665. The number of halogens is 3. The highest BCUT2D eigenvalue weighted by Crippen LogP contribution is 2.37. The number of aromatic nitrogens is 2. The predicted octanol–water partition coefficient (Wildman–Crippen LogP) is 6.98. The van der Waals surface area contributed by atoms with E-state index in [4.69, 9.17) is 4.74 Å². The Bertz CT molecular complexity index is 1410. The Morgan fingerprint density at radius 3 is 2.36 bits per heavy atom. The Kier molecular flexibility index (Phi) is 7.30. The Morgan fingerprint density at radius 1 is 1.00 bits per heavy atom. The lowest BCUT2D eigenvalue weighted by molar-refractivity contribution is -0.387. The van der Waals surface area contributed by atoms with Gasteiger partial charge in [-0.1, -0.05) is 36.4 Å². The summed E-state index contributed by atoms with van der Waals surface area (Å²) >= 11 is 0.687. The minimum Gasteiger partial charge on any atom is -0.497 e. The van der Waals surface area contributed by atoms with Crippen molar-refractivity contribution in [3.8, 4) is 17.0 Å². The monoisotopic (exact) mass is 510 g/mol. The normalized spacial score (nSPS) is 11.6. The van der Waals surface area contributed by atoms with Crippen molar-refractivity contribution in [2.45, 2.75) is 16.2 Å². The van der Waals surface area contributed by atoms with Gasteiger partial charge in [0.1, 0.15) is 11.4 Å². The van der Waals surface area contributed by atoms with E-state index in [-0.39, 0.29) is 21.4 Å². The van der Waals surface area contributed by atoms with Crippen molar-refractivity contribution in [2.24, 2.45) is 4.99 Å². The number of methoxy groups -OCH3 is 1. The fourth-order valence-electron chi connectivity index (χ4n) is 3.13. The van der Waals surface area contributed by atoms with Crippen LogP contribution in [0.4, 0.5) is 24.5 Å². The van der Waals surface area contributed by atoms with Crippen LogP contribution in [0.25, 0.3) is 11.3 Å². The van der Waals surface area contributed by atoms with Crippen LogP contribution in [0.15, 0.2) is 93.9 Å². The van der Waals surface area contributed by atoms with Crippen molar-refractivity contribution in [1.82, 2.24) is 9.97 Å². The van der Waals surface area contributed by atoms with Crippen LogP contribution in [0.2, 0.25) is 0 Å². The predicted molar refractivity (Wildman–Crippen MR) is 130 cm³/mol. The molecule has 3 aromatic carbocycles. The Balaban J connectivity index is 1.66. The molecule has 0 N–H and O–H groups in total. The molecule has 0 amide bonds. The lowest BCUT2D eigenvalue weighted by atomic mass is 10.1. The van der Waals surface area contributed by atoms with Gasteiger partial charge in [-0.25, -0.2) is 9.97 Å². The number of nitrogens with zero attached hydrogens (tertiary/aromatic N) is 4. The van der Waals surface area contributed by atoms with Gasteiger partial charge in [0.15, 0.2) is 5.16 Å². The molecule has 0 aliphatic heterocycles. The van der Waals surface area contributed by atoms with E-state index in [1.807, 2.05) is 0 Å². The number of nitro benzene ring substituents is 1. The van der Waals surface area contributed by atoms with E-state index in [9.17, 15) is 23.3 Å². The fraction of sp³-hybridized carbons (Fsp3) is 0.0800. The summed E-state index contributed by atoms with van der Waals surface area (Å²) in [6.45, 7) is 0. The third-order valence-electron chi connectivity index (χ3n) is 4.88. The van der Waals surface area contributed by atoms with Gasteiger partial charge in [0.25, 0.3) is 5.69 Å². The second kappa shape index (κ2) is 10.6. The summed E-state index contributed by atoms with van der Waals surface area (Å²) < 4.78 is 45.6. The van der Waals surface area contributed by atoms with E-state index in [1.54, 1.807) is 67.8 Å². The average molecular weight is 510 g/mol. The van der Waals surface area contributed by atoms with Crippen molar-refractivity contribution in [2.75, 3.05) is 7.11 Å². The van der Waals surface area contributed by atoms with Gasteiger partial charge in [-0.2, -0.15) is 13.2 Å². The number of hydrogen-bond donors (Lipinski definition) is 0. The molecule has 0 aliphatic carbocycles. The molecule has 11 heteroatoms. The zero-order chi connectivity index (χ0) is 25.7. The molecular formula is C25H17F3N4O3S. The molecule has 0 atom stereocenters. The molecule has 1 aromatic heterocycles. The quantitative estimate of drug-likeness (QED) is 0.115. The highest BCUT2D eigenvalue weighted by molar-refractivity contribution is 7.99. The van der Waals surface area contributed by atoms with Gasteiger partial charge in [0, 0.05) is 17.8 Å². The van der Waals surface area contributed by atoms with Crippen molar-refractivity contribution in [1.29, 1.82) is 0 Å². The van der Waals surface area contributed by atoms with Crippen LogP contribution in [-0.2, 0) is 6.18 Å². The lowest BCUT2D eigenvalue weighted by Crippen LogP contribution is -2.10. The molecule has 7 nitrogen and oxygen atoms in total. The van der Waals surface area contributed by atoms with E-state index in [0.717, 1.165) is 6.07 Å². The summed E-state index contributed by atoms with van der Waals surface area (Å²) in [4.78, 5) is 23.3. The number of benzene rings is 3. The lowest BCUT2D eigenvalue weighted by Gasteiger charge is -2.11. The maximum absolute atomic E-state index is 13.5. The van der Waals surface area contributed by atoms with E-state index < -0.39 is 16.8 Å². The first-order valence-electron chi connectivity index (χ1n) is 10.4. The van der Waals surface area contributed by atoms with Gasteiger partial charge >= 0.3 is 6.18 Å². The van der Waals surface area contributed by atoms with Gasteiger partial charge in [-0.15, -0.1) is 0 Å². The summed E-state index contributed by atoms with van der Waals surface area (Å²) in [5, 5.41) is 11.5. The van der Waals surface area contributed by atoms with Crippen molar-refractivity contribution in [3.05, 3.63) is 100 Å². The van der Waals surface area contributed by atoms with Gasteiger partial charge < -0.3 is 4.74 Å². The van der Waals surface area contributed by atoms with Crippen molar-refractivity contribution >= 4 is 29.4 Å². The Morgan fingerprint density at radius 2 is 1.72 bits per heavy atom. The third-order valence-corrected chi connectivity index (χ3v) is 5.81. The second-order valence-electron chi connectivity index (χ2n) is 7.33. The van der Waals surface area contributed by atoms with Crippen molar-refractivity contribution < 1.29 is 22.8 Å². The molecule has 0 fully saturated rings. The smallest absolute Gasteiger partial charge is 0.433 e. The summed E-state index contributed by atoms with van der Waals surface area (Å²) in [7, 11) is 1.55. The zero-order valence-corrected chi connectivity index (χ0v) is 19.5. The maximum Gasteiger partial charge on any atom is 0.433 e. The van der Waals surface area contributed by atoms with Crippen LogP contribution in [0.3, 0.4) is 0 Å². The average Bonchev–Trinajstić information content (AvgIpc) is 2.88. The number of nitro groups is 1. The molecule has 36 heavy (non-hydrogen) atoms. The molecule has 0 saturated heterocycles. The molecule has 0 radical (unpaired) electrons. The first kappa shape index (κ1) is 24.9. The van der Waals surface area contributed by atoms with Gasteiger partial charge in [0.2, 0.25) is 0 Å². The van der Waals surface area contributed by atoms with E-state index in [0.29, 0.717) is 34.3 Å². The maximum atomic E-state index is 13.5. The topological polar surface area (TPSA) is 90.5 Å². The molecule has 0 spiro atoms. The van der Waals surface area contributed by atoms with Crippen LogP contribution >= 0.6 is 11.8 Å². The summed E-state index contributed by atoms with van der Waals surface area (Å²) in [6, 6.07) is 20.4. The van der Waals surface area contributed by atoms with Crippen LogP contribution < -0.4 is 4.74 Å². The van der Waals surface area contributed by atoms with Crippen LogP contribution in [0.5, 0.6) is 5.75 Å². The minimum atomic E-state index is -4.71. The summed E-state index contributed by atoms with van der Waals surface area (Å²) in [6.07, 6.45) is -3.26. The molecule has 0 saturated carbocycles. The summed E-state index contributed by atoms with van der Waals surface area (Å²) in [5.41, 5.74) is 0.142. The molecule has 182 valence electrons. The van der Waals surface area contributed by atoms with Gasteiger partial charge in [-0.3, -0.25) is 15.1 Å². The largest absolute Gasteiger partial charge is 0.497 e. The standard InChI is InChI=1S/C25H17F3N4O3S/c1-35-19-10-8-18(9-11-19)29-15-16-7-12-22(21(13-16)32(33)34)36-24-30-20(17-5-3-2-4-6-17)14-23(31-24)25(26,27)28/h2-15H,1H3. The van der Waals surface area contributed by atoms with Crippen molar-refractivity contribution in [3.63, 3.8) is 0 Å². The van der Waals surface area contributed by atoms with Crippen LogP contribution in [0, 0.1) is 10.1 Å².